The molecule has 20 heavy (non-hydrogen) atoms. The van der Waals surface area contributed by atoms with Gasteiger partial charge in [0.2, 0.25) is 5.91 Å². The Morgan fingerprint density at radius 3 is 2.35 bits per heavy atom. The molecule has 0 bridgehead atoms. The highest BCUT2D eigenvalue weighted by molar-refractivity contribution is 14.1. The average Bonchev–Trinajstić information content (AvgIpc) is 3.19. The van der Waals surface area contributed by atoms with Crippen molar-refractivity contribution in [2.45, 2.75) is 25.7 Å². The minimum atomic E-state index is -0.257. The Kier molecular flexibility index (Phi) is 3.96. The van der Waals surface area contributed by atoms with Gasteiger partial charge in [0.05, 0.1) is 5.56 Å². The summed E-state index contributed by atoms with van der Waals surface area (Å²) >= 11 is 2.11. The average molecular weight is 384 g/mol. The second-order valence-corrected chi connectivity index (χ2v) is 6.72. The molecule has 0 saturated heterocycles. The highest BCUT2D eigenvalue weighted by Gasteiger charge is 2.54. The molecule has 2 N–H and O–H groups in total. The van der Waals surface area contributed by atoms with Crippen LogP contribution in [-0.2, 0) is 4.79 Å². The first-order valence-electron chi connectivity index (χ1n) is 7.03. The number of fused-ring (bicyclic) bond motifs is 1. The third-order valence-electron chi connectivity index (χ3n) is 4.38. The molecular weight excluding hydrogens is 367 g/mol. The van der Waals surface area contributed by atoms with Crippen LogP contribution >= 0.6 is 22.6 Å². The van der Waals surface area contributed by atoms with Crippen molar-refractivity contribution in [3.63, 3.8) is 0 Å². The van der Waals surface area contributed by atoms with E-state index in [1.165, 1.54) is 12.8 Å². The number of halogens is 1. The Morgan fingerprint density at radius 2 is 1.70 bits per heavy atom. The van der Waals surface area contributed by atoms with Crippen molar-refractivity contribution in [1.29, 1.82) is 0 Å². The molecule has 2 aliphatic carbocycles. The summed E-state index contributed by atoms with van der Waals surface area (Å²) in [5.41, 5.74) is 5.70. The molecule has 2 amide bonds. The van der Waals surface area contributed by atoms with Gasteiger partial charge in [-0.3, -0.25) is 20.4 Å². The van der Waals surface area contributed by atoms with Crippen LogP contribution in [0.5, 0.6) is 0 Å². The smallest absolute Gasteiger partial charge is 0.270 e. The van der Waals surface area contributed by atoms with Crippen LogP contribution in [0.4, 0.5) is 0 Å². The molecule has 2 aliphatic rings. The van der Waals surface area contributed by atoms with Gasteiger partial charge in [0.1, 0.15) is 0 Å². The number of nitrogens with one attached hydrogen (secondary N) is 2. The van der Waals surface area contributed by atoms with Gasteiger partial charge in [0.25, 0.3) is 5.91 Å². The summed E-state index contributed by atoms with van der Waals surface area (Å²) in [4.78, 5) is 24.1. The van der Waals surface area contributed by atoms with Crippen molar-refractivity contribution in [1.82, 2.24) is 10.9 Å². The Bertz CT molecular complexity index is 534. The number of hydrogen-bond donors (Lipinski definition) is 2. The van der Waals surface area contributed by atoms with Gasteiger partial charge in [-0.25, -0.2) is 0 Å². The second kappa shape index (κ2) is 5.71. The van der Waals surface area contributed by atoms with Crippen molar-refractivity contribution in [2.75, 3.05) is 0 Å². The molecule has 2 saturated carbocycles. The number of carbonyl (C=O) groups is 2. The molecule has 4 nitrogen and oxygen atoms in total. The van der Waals surface area contributed by atoms with Crippen molar-refractivity contribution in [3.8, 4) is 0 Å². The minimum Gasteiger partial charge on any atom is -0.273 e. The molecular formula is C15H17IN2O2. The number of amides is 2. The van der Waals surface area contributed by atoms with Crippen LogP contribution < -0.4 is 10.9 Å². The summed E-state index contributed by atoms with van der Waals surface area (Å²) in [6, 6.07) is 7.31. The van der Waals surface area contributed by atoms with Crippen LogP contribution in [0.3, 0.4) is 0 Å². The van der Waals surface area contributed by atoms with Crippen LogP contribution in [0.2, 0.25) is 0 Å². The zero-order chi connectivity index (χ0) is 14.1. The molecule has 0 unspecified atom stereocenters. The second-order valence-electron chi connectivity index (χ2n) is 5.56. The SMILES string of the molecule is O=C(NNC(=O)C1[C@H]2CCCC[C@H]12)c1ccccc1I. The van der Waals surface area contributed by atoms with Crippen LogP contribution in [-0.4, -0.2) is 11.8 Å². The predicted octanol–water partition coefficient (Wildman–Crippen LogP) is 2.49. The van der Waals surface area contributed by atoms with E-state index in [2.05, 4.69) is 33.4 Å². The Morgan fingerprint density at radius 1 is 1.05 bits per heavy atom. The molecule has 1 aromatic carbocycles. The fourth-order valence-electron chi connectivity index (χ4n) is 3.30. The Labute approximate surface area is 131 Å². The summed E-state index contributed by atoms with van der Waals surface area (Å²) in [5.74, 6) is 0.941. The number of rotatable bonds is 2. The van der Waals surface area contributed by atoms with Crippen molar-refractivity contribution < 1.29 is 9.59 Å². The normalized spacial score (nSPS) is 27.4. The summed E-state index contributed by atoms with van der Waals surface area (Å²) in [5, 5.41) is 0. The van der Waals surface area contributed by atoms with Crippen molar-refractivity contribution in [3.05, 3.63) is 33.4 Å². The summed E-state index contributed by atoms with van der Waals surface area (Å²) in [6.07, 6.45) is 4.79. The van der Waals surface area contributed by atoms with Crippen LogP contribution in [0.1, 0.15) is 36.0 Å². The van der Waals surface area contributed by atoms with E-state index in [0.29, 0.717) is 17.4 Å². The topological polar surface area (TPSA) is 58.2 Å². The van der Waals surface area contributed by atoms with Crippen LogP contribution in [0, 0.1) is 21.3 Å². The third kappa shape index (κ3) is 2.68. The number of hydrazine groups is 1. The highest BCUT2D eigenvalue weighted by atomic mass is 127. The minimum absolute atomic E-state index is 0.0267. The lowest BCUT2D eigenvalue weighted by molar-refractivity contribution is -0.123. The fourth-order valence-corrected chi connectivity index (χ4v) is 3.93. The Hall–Kier alpha value is -1.11. The zero-order valence-electron chi connectivity index (χ0n) is 11.1. The van der Waals surface area contributed by atoms with E-state index >= 15 is 0 Å². The molecule has 0 spiro atoms. The monoisotopic (exact) mass is 384 g/mol. The van der Waals surface area contributed by atoms with E-state index < -0.39 is 0 Å². The molecule has 0 aromatic heterocycles. The third-order valence-corrected chi connectivity index (χ3v) is 5.32. The van der Waals surface area contributed by atoms with Gasteiger partial charge in [0.15, 0.2) is 0 Å². The lowest BCUT2D eigenvalue weighted by Gasteiger charge is -2.08. The number of benzene rings is 1. The molecule has 1 aromatic rings. The number of hydrogen-bond acceptors (Lipinski definition) is 2. The van der Waals surface area contributed by atoms with Gasteiger partial charge in [-0.2, -0.15) is 0 Å². The molecule has 0 aliphatic heterocycles. The lowest BCUT2D eigenvalue weighted by atomic mass is 10.0. The molecule has 106 valence electrons. The first-order chi connectivity index (χ1) is 9.68. The molecule has 2 fully saturated rings. The summed E-state index contributed by atoms with van der Waals surface area (Å²) in [7, 11) is 0. The van der Waals surface area contributed by atoms with Crippen molar-refractivity contribution >= 4 is 34.4 Å². The quantitative estimate of drug-likeness (QED) is 0.608. The molecule has 5 heteroatoms. The van der Waals surface area contributed by atoms with Gasteiger partial charge in [-0.15, -0.1) is 0 Å². The van der Waals surface area contributed by atoms with Crippen LogP contribution in [0.15, 0.2) is 24.3 Å². The van der Waals surface area contributed by atoms with Gasteiger partial charge in [-0.1, -0.05) is 25.0 Å². The van der Waals surface area contributed by atoms with Gasteiger partial charge in [0, 0.05) is 9.49 Å². The fraction of sp³-hybridized carbons (Fsp3) is 0.467. The number of carbonyl (C=O) groups excluding carboxylic acids is 2. The standard InChI is InChI=1S/C15H17IN2O2/c16-12-8-4-3-7-11(12)14(19)17-18-15(20)13-9-5-1-2-6-10(9)13/h3-4,7-10,13H,1-2,5-6H2,(H,17,19)(H,18,20)/t9-,10-/m0/s1. The zero-order valence-corrected chi connectivity index (χ0v) is 13.2. The van der Waals surface area contributed by atoms with E-state index in [1.54, 1.807) is 6.07 Å². The van der Waals surface area contributed by atoms with Gasteiger partial charge >= 0.3 is 0 Å². The lowest BCUT2D eigenvalue weighted by Crippen LogP contribution is -2.43. The van der Waals surface area contributed by atoms with Crippen molar-refractivity contribution in [2.24, 2.45) is 17.8 Å². The van der Waals surface area contributed by atoms with E-state index in [-0.39, 0.29) is 17.7 Å². The van der Waals surface area contributed by atoms with E-state index in [4.69, 9.17) is 0 Å². The largest absolute Gasteiger partial charge is 0.273 e. The van der Waals surface area contributed by atoms with Gasteiger partial charge in [-0.05, 0) is 59.4 Å². The van der Waals surface area contributed by atoms with E-state index in [9.17, 15) is 9.59 Å². The molecule has 3 rings (SSSR count). The summed E-state index contributed by atoms with van der Waals surface area (Å²) < 4.78 is 0.872. The van der Waals surface area contributed by atoms with E-state index in [0.717, 1.165) is 16.4 Å². The highest BCUT2D eigenvalue weighted by Crippen LogP contribution is 2.55. The predicted molar refractivity (Wildman–Crippen MR) is 83.7 cm³/mol. The van der Waals surface area contributed by atoms with Crippen LogP contribution in [0.25, 0.3) is 0 Å². The summed E-state index contributed by atoms with van der Waals surface area (Å²) in [6.45, 7) is 0. The maximum absolute atomic E-state index is 12.1. The van der Waals surface area contributed by atoms with E-state index in [1.807, 2.05) is 18.2 Å². The van der Waals surface area contributed by atoms with Gasteiger partial charge < -0.3 is 0 Å². The Balaban J connectivity index is 1.54. The first-order valence-corrected chi connectivity index (χ1v) is 8.11. The molecule has 2 atom stereocenters. The molecule has 0 radical (unpaired) electrons. The first kappa shape index (κ1) is 13.9. The molecule has 0 heterocycles. The maximum atomic E-state index is 12.1. The maximum Gasteiger partial charge on any atom is 0.270 e.